The number of rotatable bonds is 6. The Hall–Kier alpha value is -1.93. The number of aromatic carboxylic acids is 1. The van der Waals surface area contributed by atoms with Gasteiger partial charge >= 0.3 is 5.97 Å². The number of benzene rings is 1. The zero-order valence-corrected chi connectivity index (χ0v) is 13.6. The molecule has 7 nitrogen and oxygen atoms in total. The number of nitrogens with one attached hydrogen (secondary N) is 1. The van der Waals surface area contributed by atoms with Gasteiger partial charge in [0.15, 0.2) is 9.84 Å². The van der Waals surface area contributed by atoms with Crippen molar-refractivity contribution >= 4 is 27.4 Å². The van der Waals surface area contributed by atoms with Crippen LogP contribution in [0.4, 0.5) is 5.69 Å². The van der Waals surface area contributed by atoms with E-state index in [0.29, 0.717) is 17.7 Å². The summed E-state index contributed by atoms with van der Waals surface area (Å²) < 4.78 is 27.8. The van der Waals surface area contributed by atoms with Gasteiger partial charge in [-0.15, -0.1) is 0 Å². The van der Waals surface area contributed by atoms with Gasteiger partial charge in [-0.1, -0.05) is 0 Å². The quantitative estimate of drug-likeness (QED) is 0.807. The third-order valence-corrected chi connectivity index (χ3v) is 5.47. The van der Waals surface area contributed by atoms with Crippen molar-refractivity contribution in [1.82, 2.24) is 0 Å². The monoisotopic (exact) mass is 341 g/mol. The molecule has 1 unspecified atom stereocenters. The lowest BCUT2D eigenvalue weighted by molar-refractivity contribution is -0.116. The first kappa shape index (κ1) is 17.4. The van der Waals surface area contributed by atoms with Gasteiger partial charge in [0, 0.05) is 19.2 Å². The highest BCUT2D eigenvalue weighted by atomic mass is 32.2. The number of hydrogen-bond acceptors (Lipinski definition) is 5. The van der Waals surface area contributed by atoms with Crippen LogP contribution in [-0.2, 0) is 26.0 Å². The lowest BCUT2D eigenvalue weighted by Gasteiger charge is -2.11. The van der Waals surface area contributed by atoms with Crippen LogP contribution in [0, 0.1) is 5.92 Å². The second kappa shape index (κ2) is 7.10. The van der Waals surface area contributed by atoms with Gasteiger partial charge in [-0.25, -0.2) is 13.2 Å². The second-order valence-electron chi connectivity index (χ2n) is 5.68. The molecule has 23 heavy (non-hydrogen) atoms. The molecular weight excluding hydrogens is 322 g/mol. The summed E-state index contributed by atoms with van der Waals surface area (Å²) in [7, 11) is -1.53. The lowest BCUT2D eigenvalue weighted by Crippen LogP contribution is -2.18. The van der Waals surface area contributed by atoms with Crippen LogP contribution in [0.5, 0.6) is 0 Å². The fraction of sp³-hybridized carbons (Fsp3) is 0.467. The predicted octanol–water partition coefficient (Wildman–Crippen LogP) is 1.29. The number of carbonyl (C=O) groups excluding carboxylic acids is 1. The zero-order valence-electron chi connectivity index (χ0n) is 12.7. The Morgan fingerprint density at radius 2 is 2.09 bits per heavy atom. The first-order valence-corrected chi connectivity index (χ1v) is 8.97. The number of ether oxygens (including phenoxy) is 1. The average molecular weight is 341 g/mol. The molecule has 126 valence electrons. The van der Waals surface area contributed by atoms with Gasteiger partial charge in [0.1, 0.15) is 0 Å². The van der Waals surface area contributed by atoms with Crippen molar-refractivity contribution in [1.29, 1.82) is 0 Å². The van der Waals surface area contributed by atoms with Crippen LogP contribution < -0.4 is 5.32 Å². The summed E-state index contributed by atoms with van der Waals surface area (Å²) in [6.07, 6.45) is 0.593. The van der Waals surface area contributed by atoms with Gasteiger partial charge in [0.05, 0.1) is 23.7 Å². The molecule has 0 aromatic heterocycles. The van der Waals surface area contributed by atoms with Crippen LogP contribution in [-0.4, -0.2) is 44.0 Å². The van der Waals surface area contributed by atoms with E-state index in [9.17, 15) is 18.0 Å². The summed E-state index contributed by atoms with van der Waals surface area (Å²) in [4.78, 5) is 23.2. The van der Waals surface area contributed by atoms with E-state index in [4.69, 9.17) is 9.84 Å². The van der Waals surface area contributed by atoms with Gasteiger partial charge in [-0.05, 0) is 36.1 Å². The van der Waals surface area contributed by atoms with Crippen molar-refractivity contribution in [2.24, 2.45) is 5.92 Å². The first-order valence-electron chi connectivity index (χ1n) is 7.15. The molecule has 1 aliphatic rings. The molecule has 0 bridgehead atoms. The molecule has 1 atom stereocenters. The van der Waals surface area contributed by atoms with Gasteiger partial charge < -0.3 is 15.2 Å². The van der Waals surface area contributed by atoms with Crippen molar-refractivity contribution in [2.75, 3.05) is 23.9 Å². The molecule has 1 amide bonds. The highest BCUT2D eigenvalue weighted by molar-refractivity contribution is 7.91. The maximum absolute atomic E-state index is 12.0. The second-order valence-corrected chi connectivity index (χ2v) is 7.91. The topological polar surface area (TPSA) is 110 Å². The molecule has 2 rings (SSSR count). The number of sulfone groups is 1. The highest BCUT2D eigenvalue weighted by Crippen LogP contribution is 2.23. The molecule has 0 spiro atoms. The van der Waals surface area contributed by atoms with Crippen molar-refractivity contribution < 1.29 is 27.9 Å². The van der Waals surface area contributed by atoms with Crippen molar-refractivity contribution in [2.45, 2.75) is 19.4 Å². The van der Waals surface area contributed by atoms with E-state index >= 15 is 0 Å². The van der Waals surface area contributed by atoms with E-state index in [1.807, 2.05) is 0 Å². The Kier molecular flexibility index (Phi) is 5.38. The van der Waals surface area contributed by atoms with E-state index in [1.165, 1.54) is 19.2 Å². The average Bonchev–Trinajstić information content (AvgIpc) is 2.77. The van der Waals surface area contributed by atoms with E-state index in [1.54, 1.807) is 6.07 Å². The van der Waals surface area contributed by atoms with Gasteiger partial charge in [0.2, 0.25) is 5.91 Å². The summed E-state index contributed by atoms with van der Waals surface area (Å²) in [5.74, 6) is -1.44. The predicted molar refractivity (Wildman–Crippen MR) is 84.1 cm³/mol. The van der Waals surface area contributed by atoms with Crippen molar-refractivity contribution in [3.05, 3.63) is 29.3 Å². The molecule has 1 fully saturated rings. The molecule has 1 aliphatic heterocycles. The zero-order chi connectivity index (χ0) is 17.0. The summed E-state index contributed by atoms with van der Waals surface area (Å²) in [6, 6.07) is 4.48. The van der Waals surface area contributed by atoms with Crippen LogP contribution in [0.1, 0.15) is 28.8 Å². The van der Waals surface area contributed by atoms with Crippen LogP contribution in [0.3, 0.4) is 0 Å². The summed E-state index contributed by atoms with van der Waals surface area (Å²) in [5, 5.41) is 11.7. The molecule has 1 aromatic rings. The summed E-state index contributed by atoms with van der Waals surface area (Å²) >= 11 is 0. The Labute approximate surface area is 134 Å². The number of carboxylic acid groups (broad SMARTS) is 1. The molecule has 2 N–H and O–H groups in total. The molecule has 0 aliphatic carbocycles. The number of carboxylic acids is 1. The number of hydrogen-bond donors (Lipinski definition) is 2. The van der Waals surface area contributed by atoms with Crippen molar-refractivity contribution in [3.63, 3.8) is 0 Å². The highest BCUT2D eigenvalue weighted by Gasteiger charge is 2.29. The number of carbonyl (C=O) groups is 2. The Morgan fingerprint density at radius 3 is 2.65 bits per heavy atom. The molecule has 1 saturated heterocycles. The van der Waals surface area contributed by atoms with Crippen LogP contribution in [0.15, 0.2) is 18.2 Å². The van der Waals surface area contributed by atoms with E-state index in [2.05, 4.69) is 5.32 Å². The summed E-state index contributed by atoms with van der Waals surface area (Å²) in [6.45, 7) is 0.227. The maximum atomic E-state index is 12.0. The SMILES string of the molecule is COCc1cc(NC(=O)CC2CCS(=O)(=O)C2)cc(C(=O)O)c1. The maximum Gasteiger partial charge on any atom is 0.335 e. The third-order valence-electron chi connectivity index (χ3n) is 3.64. The number of methoxy groups -OCH3 is 1. The van der Waals surface area contributed by atoms with Crippen molar-refractivity contribution in [3.8, 4) is 0 Å². The standard InChI is InChI=1S/C15H19NO6S/c1-22-8-11-4-12(15(18)19)7-13(5-11)16-14(17)6-10-2-3-23(20,21)9-10/h4-5,7,10H,2-3,6,8-9H2,1H3,(H,16,17)(H,18,19). The van der Waals surface area contributed by atoms with Gasteiger partial charge in [-0.3, -0.25) is 4.79 Å². The number of amides is 1. The Balaban J connectivity index is 2.06. The fourth-order valence-corrected chi connectivity index (χ4v) is 4.51. The number of anilines is 1. The van der Waals surface area contributed by atoms with Gasteiger partial charge in [0.25, 0.3) is 0 Å². The minimum absolute atomic E-state index is 0.0323. The molecule has 8 heteroatoms. The first-order chi connectivity index (χ1) is 10.8. The largest absolute Gasteiger partial charge is 0.478 e. The van der Waals surface area contributed by atoms with Crippen LogP contribution >= 0.6 is 0 Å². The summed E-state index contributed by atoms with van der Waals surface area (Å²) in [5.41, 5.74) is 1.05. The molecule has 1 heterocycles. The minimum atomic E-state index is -3.02. The van der Waals surface area contributed by atoms with Gasteiger partial charge in [-0.2, -0.15) is 0 Å². The normalized spacial score (nSPS) is 19.4. The minimum Gasteiger partial charge on any atom is -0.478 e. The van der Waals surface area contributed by atoms with Crippen LogP contribution in [0.2, 0.25) is 0 Å². The molecule has 0 saturated carbocycles. The fourth-order valence-electron chi connectivity index (χ4n) is 2.64. The Morgan fingerprint density at radius 1 is 1.35 bits per heavy atom. The Bertz CT molecular complexity index is 713. The molecule has 0 radical (unpaired) electrons. The van der Waals surface area contributed by atoms with E-state index in [-0.39, 0.29) is 41.9 Å². The lowest BCUT2D eigenvalue weighted by atomic mass is 10.0. The van der Waals surface area contributed by atoms with Crippen LogP contribution in [0.25, 0.3) is 0 Å². The van der Waals surface area contributed by atoms with E-state index < -0.39 is 15.8 Å². The molecular formula is C15H19NO6S. The smallest absolute Gasteiger partial charge is 0.335 e. The molecule has 1 aromatic carbocycles. The van der Waals surface area contributed by atoms with E-state index in [0.717, 1.165) is 0 Å². The third kappa shape index (κ3) is 5.04.